The summed E-state index contributed by atoms with van der Waals surface area (Å²) in [5.74, 6) is 5.97. The molecule has 9 rings (SSSR count). The van der Waals surface area contributed by atoms with Gasteiger partial charge in [-0.2, -0.15) is 0 Å². The molecule has 9 fully saturated rings. The van der Waals surface area contributed by atoms with E-state index in [9.17, 15) is 0 Å². The number of fused-ring (bicyclic) bond motifs is 20. The van der Waals surface area contributed by atoms with Gasteiger partial charge in [-0.25, -0.2) is 0 Å². The predicted octanol–water partition coefficient (Wildman–Crippen LogP) is 2.72. The van der Waals surface area contributed by atoms with Gasteiger partial charge in [0, 0.05) is 0 Å². The monoisotopic (exact) mass is 553 g/mol. The zero-order chi connectivity index (χ0) is 26.2. The van der Waals surface area contributed by atoms with E-state index in [1.54, 1.807) is 0 Å². The van der Waals surface area contributed by atoms with Crippen molar-refractivity contribution in [3.8, 4) is 0 Å². The Balaban J connectivity index is 0.00000256. The summed E-state index contributed by atoms with van der Waals surface area (Å²) in [7, 11) is 0. The molecule has 5 saturated heterocycles. The van der Waals surface area contributed by atoms with Crippen LogP contribution in [0.2, 0.25) is 0 Å². The minimum atomic E-state index is 0. The van der Waals surface area contributed by atoms with Gasteiger partial charge in [0.05, 0.1) is 49.3 Å². The molecule has 8 atom stereocenters. The van der Waals surface area contributed by atoms with Crippen LogP contribution in [0.25, 0.3) is 0 Å². The van der Waals surface area contributed by atoms with E-state index in [2.05, 4.69) is 42.5 Å². The quantitative estimate of drug-likeness (QED) is 0.232. The first-order valence-corrected chi connectivity index (χ1v) is 17.9. The van der Waals surface area contributed by atoms with Crippen LogP contribution in [-0.2, 0) is 0 Å². The first kappa shape index (κ1) is 26.1. The molecule has 4 aliphatic carbocycles. The van der Waals surface area contributed by atoms with Gasteiger partial charge in [-0.1, -0.05) is 51.4 Å². The summed E-state index contributed by atoms with van der Waals surface area (Å²) in [6.45, 7) is 0. The van der Waals surface area contributed by atoms with Crippen LogP contribution < -0.4 is 42.5 Å². The van der Waals surface area contributed by atoms with Crippen LogP contribution in [0.3, 0.4) is 0 Å². The van der Waals surface area contributed by atoms with Crippen LogP contribution in [0.5, 0.6) is 0 Å². The second-order valence-electron chi connectivity index (χ2n) is 15.6. The highest BCUT2D eigenvalue weighted by Crippen LogP contribution is 2.45. The van der Waals surface area contributed by atoms with E-state index in [0.29, 0.717) is 49.3 Å². The van der Waals surface area contributed by atoms with Gasteiger partial charge in [-0.05, 0) is 98.7 Å². The van der Waals surface area contributed by atoms with Crippen LogP contribution in [0.1, 0.15) is 104 Å². The molecule has 8 bridgehead atoms. The predicted molar refractivity (Wildman–Crippen MR) is 158 cm³/mol. The lowest BCUT2D eigenvalue weighted by Gasteiger charge is -2.35. The third-order valence-corrected chi connectivity index (χ3v) is 13.8. The minimum absolute atomic E-state index is 0. The minimum Gasteiger partial charge on any atom is -0.286 e. The Labute approximate surface area is 243 Å². The Morgan fingerprint density at radius 2 is 0.350 bits per heavy atom. The summed E-state index contributed by atoms with van der Waals surface area (Å²) in [6.07, 6.45) is 25.6. The average molecular weight is 554 g/mol. The molecule has 0 spiro atoms. The lowest BCUT2D eigenvalue weighted by atomic mass is 9.76. The largest absolute Gasteiger partial charge is 1.00 e. The van der Waals surface area contributed by atoms with Gasteiger partial charge in [-0.3, -0.25) is 42.5 Å². The van der Waals surface area contributed by atoms with Crippen LogP contribution in [0.4, 0.5) is 0 Å². The zero-order valence-corrected chi connectivity index (χ0v) is 24.6. The number of hydrogen-bond donors (Lipinski definition) is 8. The Hall–Kier alpha value is -0.320. The highest BCUT2D eigenvalue weighted by Gasteiger charge is 2.54. The van der Waals surface area contributed by atoms with E-state index in [1.807, 2.05) is 0 Å². The van der Waals surface area contributed by atoms with E-state index in [4.69, 9.17) is 0 Å². The molecule has 8 unspecified atom stereocenters. The van der Waals surface area contributed by atoms with Crippen molar-refractivity contribution < 1.29 is 1.43 Å². The van der Waals surface area contributed by atoms with Gasteiger partial charge in [0.1, 0.15) is 0 Å². The smallest absolute Gasteiger partial charge is 0.286 e. The fourth-order valence-electron chi connectivity index (χ4n) is 12.0. The fraction of sp³-hybridized carbons (Fsp3) is 1.00. The van der Waals surface area contributed by atoms with Crippen molar-refractivity contribution in [1.29, 1.82) is 0 Å². The molecule has 0 aromatic rings. The number of nitrogens with one attached hydrogen (secondary N) is 8. The third kappa shape index (κ3) is 4.37. The summed E-state index contributed by atoms with van der Waals surface area (Å²) in [4.78, 5) is 0. The van der Waals surface area contributed by atoms with Gasteiger partial charge >= 0.3 is 1.43 Å². The van der Waals surface area contributed by atoms with Gasteiger partial charge in [-0.15, -0.1) is 0 Å². The molecule has 224 valence electrons. The maximum Gasteiger partial charge on any atom is 1.00 e. The Kier molecular flexibility index (Phi) is 6.98. The van der Waals surface area contributed by atoms with Crippen molar-refractivity contribution in [2.45, 2.75) is 152 Å². The van der Waals surface area contributed by atoms with Crippen molar-refractivity contribution in [3.63, 3.8) is 0 Å². The highest BCUT2D eigenvalue weighted by atomic mass is 15.4. The van der Waals surface area contributed by atoms with Crippen molar-refractivity contribution in [2.75, 3.05) is 0 Å². The van der Waals surface area contributed by atoms with Crippen molar-refractivity contribution in [1.82, 2.24) is 42.5 Å². The lowest BCUT2D eigenvalue weighted by Crippen LogP contribution is -2.61. The average Bonchev–Trinajstić information content (AvgIpc) is 3.73. The Morgan fingerprint density at radius 1 is 0.225 bits per heavy atom. The molecule has 0 aromatic heterocycles. The molecule has 4 saturated carbocycles. The zero-order valence-electron chi connectivity index (χ0n) is 25.6. The molecule has 0 amide bonds. The lowest BCUT2D eigenvalue weighted by molar-refractivity contribution is 0.167. The summed E-state index contributed by atoms with van der Waals surface area (Å²) in [5, 5.41) is 33.8. The van der Waals surface area contributed by atoms with Gasteiger partial charge in [0.2, 0.25) is 0 Å². The van der Waals surface area contributed by atoms with Crippen molar-refractivity contribution >= 4 is 0 Å². The van der Waals surface area contributed by atoms with Crippen LogP contribution in [0.15, 0.2) is 0 Å². The van der Waals surface area contributed by atoms with E-state index in [-0.39, 0.29) is 1.43 Å². The second-order valence-corrected chi connectivity index (χ2v) is 15.6. The SMILES string of the molecule is C1CCC2C3NC(NC4NC(NC5NC(NC6NC(N3)C3CCCCC63)C3CCCCC53)C3CCCCC43)C2C1.[H+]. The molecule has 8 N–H and O–H groups in total. The van der Waals surface area contributed by atoms with E-state index < -0.39 is 0 Å². The van der Waals surface area contributed by atoms with E-state index in [1.165, 1.54) is 103 Å². The summed E-state index contributed by atoms with van der Waals surface area (Å²) in [6, 6.07) is 0. The maximum absolute atomic E-state index is 4.26. The first-order chi connectivity index (χ1) is 19.8. The third-order valence-electron chi connectivity index (χ3n) is 13.8. The molecule has 40 heavy (non-hydrogen) atoms. The van der Waals surface area contributed by atoms with E-state index >= 15 is 0 Å². The van der Waals surface area contributed by atoms with Gasteiger partial charge < -0.3 is 0 Å². The highest BCUT2D eigenvalue weighted by molar-refractivity contribution is 5.08. The van der Waals surface area contributed by atoms with Crippen LogP contribution >= 0.6 is 0 Å². The topological polar surface area (TPSA) is 96.2 Å². The molecular formula is C32H57N8+. The molecule has 0 radical (unpaired) electrons. The summed E-state index contributed by atoms with van der Waals surface area (Å²) in [5.41, 5.74) is 0. The molecule has 8 heteroatoms. The molecule has 5 aliphatic heterocycles. The first-order valence-electron chi connectivity index (χ1n) is 17.9. The van der Waals surface area contributed by atoms with Crippen LogP contribution in [-0.4, -0.2) is 49.3 Å². The summed E-state index contributed by atoms with van der Waals surface area (Å²) < 4.78 is 0. The van der Waals surface area contributed by atoms with Gasteiger partial charge in [0.25, 0.3) is 0 Å². The van der Waals surface area contributed by atoms with Crippen LogP contribution in [0, 0.1) is 47.3 Å². The second kappa shape index (κ2) is 10.7. The van der Waals surface area contributed by atoms with Crippen molar-refractivity contribution in [2.24, 2.45) is 47.3 Å². The molecule has 5 heterocycles. The maximum atomic E-state index is 4.26. The summed E-state index contributed by atoms with van der Waals surface area (Å²) >= 11 is 0. The molecule has 0 aromatic carbocycles. The standard InChI is InChI=1S/C32H56N8/c1-2-10-18-17(9-1)25-33-26(18)38-28-21-13-5-6-14-22(21)30(35-28)40-32-24-16-8-7-15-23(24)31(36-32)39-29-20-12-4-3-11-19(20)27(34-29)37-25/h17-40H,1-16H2/p+1. The molecular weight excluding hydrogens is 496 g/mol. The Morgan fingerprint density at radius 3 is 0.475 bits per heavy atom. The number of rotatable bonds is 0. The van der Waals surface area contributed by atoms with Crippen molar-refractivity contribution in [3.05, 3.63) is 0 Å². The van der Waals surface area contributed by atoms with Gasteiger partial charge in [0.15, 0.2) is 0 Å². The Bertz CT molecular complexity index is 716. The molecule has 9 aliphatic rings. The molecule has 8 nitrogen and oxygen atoms in total. The number of hydrogen-bond acceptors (Lipinski definition) is 8. The normalized spacial score (nSPS) is 57.6. The van der Waals surface area contributed by atoms with E-state index in [0.717, 1.165) is 47.3 Å². The fourth-order valence-corrected chi connectivity index (χ4v) is 12.0.